The summed E-state index contributed by atoms with van der Waals surface area (Å²) in [7, 11) is 15.8. The van der Waals surface area contributed by atoms with E-state index in [0.717, 1.165) is 0 Å². The summed E-state index contributed by atoms with van der Waals surface area (Å²) in [6.45, 7) is 4.05. The van der Waals surface area contributed by atoms with Gasteiger partial charge in [0.05, 0.1) is 41.7 Å². The van der Waals surface area contributed by atoms with Crippen LogP contribution in [0.1, 0.15) is 13.8 Å². The third-order valence-electron chi connectivity index (χ3n) is 6.14. The summed E-state index contributed by atoms with van der Waals surface area (Å²) in [6, 6.07) is -5.77. The average Bonchev–Trinajstić information content (AvgIpc) is 3.27. The second kappa shape index (κ2) is 45.0. The molecular weight excluding hydrogens is 1010 g/mol. The van der Waals surface area contributed by atoms with Gasteiger partial charge in [0.25, 0.3) is 0 Å². The maximum absolute atomic E-state index is 11.2. The van der Waals surface area contributed by atoms with E-state index in [1.165, 1.54) is 115 Å². The van der Waals surface area contributed by atoms with E-state index in [4.69, 9.17) is 65.6 Å². The molecule has 64 heavy (non-hydrogen) atoms. The first kappa shape index (κ1) is 68.8. The minimum absolute atomic E-state index is 0.272. The second-order valence-corrected chi connectivity index (χ2v) is 21.6. The van der Waals surface area contributed by atoms with Gasteiger partial charge in [0, 0.05) is 46.0 Å². The first-order chi connectivity index (χ1) is 30.0. The lowest BCUT2D eigenvalue weighted by Crippen LogP contribution is -2.35. The highest BCUT2D eigenvalue weighted by Crippen LogP contribution is 2.24. The molecule has 376 valence electrons. The van der Waals surface area contributed by atoms with Crippen LogP contribution < -0.4 is 45.9 Å². The fraction of sp³-hybridized carbons (Fsp3) is 0.750. The largest absolute Gasteiger partial charge is 0.480 e. The first-order valence-electron chi connectivity index (χ1n) is 18.1. The van der Waals surface area contributed by atoms with Gasteiger partial charge in [-0.2, -0.15) is 0 Å². The highest BCUT2D eigenvalue weighted by Gasteiger charge is 2.20. The number of hydrogen-bond acceptors (Lipinski definition) is 30. The molecule has 0 bridgehead atoms. The van der Waals surface area contributed by atoms with E-state index in [2.05, 4.69) is 18.9 Å². The van der Waals surface area contributed by atoms with Gasteiger partial charge in [-0.25, -0.2) is 0 Å². The predicted molar refractivity (Wildman–Crippen MR) is 260 cm³/mol. The van der Waals surface area contributed by atoms with Crippen molar-refractivity contribution in [1.82, 2.24) is 0 Å². The van der Waals surface area contributed by atoms with Gasteiger partial charge in [-0.1, -0.05) is 86.4 Å². The molecule has 0 aliphatic rings. The number of aliphatic carboxylic acids is 2. The molecule has 0 aromatic carbocycles. The summed E-state index contributed by atoms with van der Waals surface area (Å²) in [5.41, 5.74) is 43.6. The van der Waals surface area contributed by atoms with Crippen molar-refractivity contribution in [3.63, 3.8) is 0 Å². The zero-order valence-electron chi connectivity index (χ0n) is 36.2. The van der Waals surface area contributed by atoms with Crippen LogP contribution in [-0.4, -0.2) is 194 Å². The number of rotatable bonds is 30. The van der Waals surface area contributed by atoms with E-state index in [1.807, 2.05) is 0 Å². The summed E-state index contributed by atoms with van der Waals surface area (Å²) in [6.07, 6.45) is 0. The van der Waals surface area contributed by atoms with Crippen molar-refractivity contribution < 1.29 is 77.0 Å². The van der Waals surface area contributed by atoms with E-state index < -0.39 is 96.1 Å². The van der Waals surface area contributed by atoms with Crippen molar-refractivity contribution in [2.45, 2.75) is 62.2 Å². The Morgan fingerprint density at radius 1 is 0.344 bits per heavy atom. The van der Waals surface area contributed by atoms with Crippen LogP contribution in [0.3, 0.4) is 0 Å². The Balaban J connectivity index is -0.000000375. The summed E-state index contributed by atoms with van der Waals surface area (Å²) >= 11 is 0. The zero-order chi connectivity index (χ0) is 50.2. The van der Waals surface area contributed by atoms with Crippen LogP contribution in [0.5, 0.6) is 0 Å². The monoisotopic (exact) mass is 1070 g/mol. The van der Waals surface area contributed by atoms with Crippen LogP contribution in [0.25, 0.3) is 0 Å². The van der Waals surface area contributed by atoms with Gasteiger partial charge in [-0.05, 0) is 13.8 Å². The van der Waals surface area contributed by atoms with Gasteiger partial charge < -0.3 is 84.5 Å². The maximum atomic E-state index is 11.2. The van der Waals surface area contributed by atoms with Crippen LogP contribution in [-0.2, 0) is 66.8 Å². The highest BCUT2D eigenvalue weighted by atomic mass is 33.1. The van der Waals surface area contributed by atoms with Gasteiger partial charge in [-0.3, -0.25) is 38.4 Å². The Labute approximate surface area is 404 Å². The lowest BCUT2D eigenvalue weighted by Gasteiger charge is -2.11. The third kappa shape index (κ3) is 40.5. The standard InChI is InChI=1S/C9H18N2O4S2.2C8H16N2O4S2.C7H14N2O4S2/c1-3-15-9(13)7(11)5-17-16-4-6(10)8(12)14-2;1-13-7(11)5(9)3-15-16-4-6(10)8(12)14-2;1-2-14-8(13)6(10)4-16-15-3-5(9)7(11)12;1-13-7(12)5(9)3-15-14-2-4(8)6(10)11/h6-7H,3-5,10-11H2,1-2H3;5-6H,3-4,9-10H2,1-2H3;5-6H,2-4,9-10H2,1H3,(H,11,12);4-5H,2-3,8-9H2,1H3,(H,10,11)/t6-,7-;2*5-,6-;4-,5-/m0000/s1. The minimum Gasteiger partial charge on any atom is -0.480 e. The molecule has 0 fully saturated rings. The first-order valence-corrected chi connectivity index (χ1v) is 28.1. The summed E-state index contributed by atoms with van der Waals surface area (Å²) in [5.74, 6) is -1.86. The molecule has 0 radical (unpaired) electrons. The van der Waals surface area contributed by atoms with Crippen LogP contribution >= 0.6 is 86.4 Å². The number of carbonyl (C=O) groups excluding carboxylic acids is 6. The molecule has 32 heteroatoms. The van der Waals surface area contributed by atoms with Gasteiger partial charge in [-0.15, -0.1) is 0 Å². The predicted octanol–water partition coefficient (Wildman–Crippen LogP) is -1.92. The zero-order valence-corrected chi connectivity index (χ0v) is 42.7. The van der Waals surface area contributed by atoms with Crippen molar-refractivity contribution in [2.24, 2.45) is 45.9 Å². The number of methoxy groups -OCH3 is 4. The maximum Gasteiger partial charge on any atom is 0.323 e. The fourth-order valence-corrected chi connectivity index (χ4v) is 11.5. The van der Waals surface area contributed by atoms with Crippen LogP contribution in [0.4, 0.5) is 0 Å². The second-order valence-electron chi connectivity index (χ2n) is 11.4. The number of carbonyl (C=O) groups is 8. The number of hydrogen-bond donors (Lipinski definition) is 10. The van der Waals surface area contributed by atoms with Crippen molar-refractivity contribution in [2.75, 3.05) is 87.7 Å². The molecule has 0 spiro atoms. The van der Waals surface area contributed by atoms with E-state index in [0.29, 0.717) is 47.7 Å². The lowest BCUT2D eigenvalue weighted by atomic mass is 10.4. The summed E-state index contributed by atoms with van der Waals surface area (Å²) in [5, 5.41) is 17.0. The van der Waals surface area contributed by atoms with E-state index in [9.17, 15) is 38.4 Å². The smallest absolute Gasteiger partial charge is 0.323 e. The molecule has 0 aromatic rings. The third-order valence-corrected chi connectivity index (χ3v) is 16.0. The molecule has 0 aliphatic heterocycles. The molecule has 0 heterocycles. The molecular formula is C32H64N8O16S8. The van der Waals surface area contributed by atoms with Crippen molar-refractivity contribution in [1.29, 1.82) is 0 Å². The number of carboxylic acids is 2. The normalized spacial score (nSPS) is 14.1. The Morgan fingerprint density at radius 2 is 0.500 bits per heavy atom. The number of ether oxygens (including phenoxy) is 6. The van der Waals surface area contributed by atoms with Crippen LogP contribution in [0.15, 0.2) is 0 Å². The van der Waals surface area contributed by atoms with Crippen molar-refractivity contribution in [3.05, 3.63) is 0 Å². The van der Waals surface area contributed by atoms with Gasteiger partial charge in [0.1, 0.15) is 48.3 Å². The molecule has 0 rings (SSSR count). The van der Waals surface area contributed by atoms with E-state index >= 15 is 0 Å². The molecule has 8 atom stereocenters. The number of esters is 6. The average molecular weight is 1070 g/mol. The highest BCUT2D eigenvalue weighted by molar-refractivity contribution is 8.77. The Morgan fingerprint density at radius 3 is 0.641 bits per heavy atom. The van der Waals surface area contributed by atoms with Gasteiger partial charge >= 0.3 is 47.8 Å². The number of nitrogens with two attached hydrogens (primary N) is 8. The van der Waals surface area contributed by atoms with Crippen molar-refractivity contribution in [3.8, 4) is 0 Å². The molecule has 24 nitrogen and oxygen atoms in total. The quantitative estimate of drug-likeness (QED) is 0.0162. The Hall–Kier alpha value is -1.76. The van der Waals surface area contributed by atoms with Crippen LogP contribution in [0.2, 0.25) is 0 Å². The molecule has 18 N–H and O–H groups in total. The van der Waals surface area contributed by atoms with E-state index in [1.54, 1.807) is 13.8 Å². The molecule has 0 saturated heterocycles. The Bertz CT molecular complexity index is 1320. The summed E-state index contributed by atoms with van der Waals surface area (Å²) < 4.78 is 27.3. The minimum atomic E-state index is -1.04. The topological polar surface area (TPSA) is 441 Å². The van der Waals surface area contributed by atoms with Crippen LogP contribution in [0, 0.1) is 0 Å². The Kier molecular flexibility index (Phi) is 48.4. The molecule has 0 unspecified atom stereocenters. The SMILES string of the molecule is CCOC(=O)[C@@H](N)CSSC[C@H](N)C(=O)O.CCOC(=O)[C@@H](N)CSSC[C@H](N)C(=O)OC.COC(=O)[C@@H](N)CSSC[C@H](N)C(=O)O.COC(=O)[C@@H](N)CSSC[C@H](N)C(=O)OC. The van der Waals surface area contributed by atoms with Crippen molar-refractivity contribution >= 4 is 134 Å². The summed E-state index contributed by atoms with van der Waals surface area (Å²) in [4.78, 5) is 86.6. The lowest BCUT2D eigenvalue weighted by molar-refractivity contribution is -0.144. The van der Waals surface area contributed by atoms with Gasteiger partial charge in [0.2, 0.25) is 0 Å². The van der Waals surface area contributed by atoms with Gasteiger partial charge in [0.15, 0.2) is 0 Å². The molecule has 0 amide bonds. The molecule has 0 aromatic heterocycles. The fourth-order valence-electron chi connectivity index (χ4n) is 2.63. The van der Waals surface area contributed by atoms with E-state index in [-0.39, 0.29) is 11.5 Å². The number of carboxylic acid groups (broad SMARTS) is 2. The molecule has 0 aliphatic carbocycles. The molecule has 0 saturated carbocycles.